The highest BCUT2D eigenvalue weighted by Crippen LogP contribution is 2.28. The van der Waals surface area contributed by atoms with Crippen LogP contribution in [0.3, 0.4) is 0 Å². The van der Waals surface area contributed by atoms with Gasteiger partial charge in [-0.15, -0.1) is 0 Å². The molecule has 1 aliphatic rings. The van der Waals surface area contributed by atoms with Crippen molar-refractivity contribution in [3.05, 3.63) is 27.3 Å². The van der Waals surface area contributed by atoms with Crippen LogP contribution in [0.15, 0.2) is 18.2 Å². The van der Waals surface area contributed by atoms with Crippen molar-refractivity contribution in [2.24, 2.45) is 0 Å². The summed E-state index contributed by atoms with van der Waals surface area (Å²) in [5.41, 5.74) is 0.622. The zero-order chi connectivity index (χ0) is 11.8. The van der Waals surface area contributed by atoms with E-state index in [2.05, 4.69) is 34.0 Å². The summed E-state index contributed by atoms with van der Waals surface area (Å²) in [4.78, 5) is 11.7. The summed E-state index contributed by atoms with van der Waals surface area (Å²) >= 11 is 2.06. The fraction of sp³-hybridized carbons (Fsp3) is 0.273. The second-order valence-corrected chi connectivity index (χ2v) is 4.94. The maximum Gasteiger partial charge on any atom is 0.258 e. The van der Waals surface area contributed by atoms with Gasteiger partial charge in [0.05, 0.1) is 12.2 Å². The van der Waals surface area contributed by atoms with E-state index >= 15 is 0 Å². The first-order valence-electron chi connectivity index (χ1n) is 4.70. The Bertz CT molecular complexity index is 489. The van der Waals surface area contributed by atoms with Crippen LogP contribution in [0.1, 0.15) is 12.5 Å². The highest BCUT2D eigenvalue weighted by atomic mass is 127. The first-order chi connectivity index (χ1) is 7.55. The van der Waals surface area contributed by atoms with Crippen LogP contribution in [-0.4, -0.2) is 18.1 Å². The van der Waals surface area contributed by atoms with Crippen LogP contribution in [0.4, 0.5) is 5.69 Å². The zero-order valence-electron chi connectivity index (χ0n) is 8.58. The Morgan fingerprint density at radius 1 is 1.69 bits per heavy atom. The van der Waals surface area contributed by atoms with E-state index < -0.39 is 5.60 Å². The number of carbonyl (C=O) groups excluding carboxylic acids is 1. The molecule has 0 unspecified atom stereocenters. The van der Waals surface area contributed by atoms with Crippen molar-refractivity contribution in [1.82, 2.24) is 0 Å². The van der Waals surface area contributed by atoms with Gasteiger partial charge >= 0.3 is 0 Å². The van der Waals surface area contributed by atoms with E-state index in [4.69, 9.17) is 10.00 Å². The van der Waals surface area contributed by atoms with Crippen molar-refractivity contribution in [2.45, 2.75) is 12.5 Å². The highest BCUT2D eigenvalue weighted by molar-refractivity contribution is 14.1. The minimum atomic E-state index is -0.667. The number of anilines is 1. The van der Waals surface area contributed by atoms with E-state index in [-0.39, 0.29) is 5.91 Å². The van der Waals surface area contributed by atoms with Crippen molar-refractivity contribution in [2.75, 3.05) is 11.9 Å². The van der Waals surface area contributed by atoms with E-state index in [9.17, 15) is 4.79 Å². The van der Waals surface area contributed by atoms with Crippen LogP contribution >= 0.6 is 22.6 Å². The number of carbonyl (C=O) groups is 1. The van der Waals surface area contributed by atoms with Gasteiger partial charge in [-0.3, -0.25) is 4.79 Å². The second kappa shape index (κ2) is 4.03. The van der Waals surface area contributed by atoms with Gasteiger partial charge in [-0.1, -0.05) is 0 Å². The van der Waals surface area contributed by atoms with Gasteiger partial charge in [-0.2, -0.15) is 5.26 Å². The van der Waals surface area contributed by atoms with E-state index in [1.165, 1.54) is 0 Å². The van der Waals surface area contributed by atoms with Crippen molar-refractivity contribution < 1.29 is 9.53 Å². The average Bonchev–Trinajstić information content (AvgIpc) is 2.98. The van der Waals surface area contributed by atoms with Crippen molar-refractivity contribution in [3.8, 4) is 6.07 Å². The van der Waals surface area contributed by atoms with Crippen LogP contribution in [-0.2, 0) is 9.53 Å². The summed E-state index contributed by atoms with van der Waals surface area (Å²) in [6, 6.07) is 7.24. The van der Waals surface area contributed by atoms with Crippen molar-refractivity contribution in [1.29, 1.82) is 5.26 Å². The molecule has 0 bridgehead atoms. The maximum absolute atomic E-state index is 11.7. The lowest BCUT2D eigenvalue weighted by molar-refractivity contribution is -0.120. The van der Waals surface area contributed by atoms with Gasteiger partial charge in [0.15, 0.2) is 5.60 Å². The lowest BCUT2D eigenvalue weighted by atomic mass is 10.1. The van der Waals surface area contributed by atoms with Gasteiger partial charge < -0.3 is 10.1 Å². The molecule has 1 aliphatic heterocycles. The van der Waals surface area contributed by atoms with E-state index in [1.807, 2.05) is 0 Å². The number of halogens is 1. The van der Waals surface area contributed by atoms with Crippen LogP contribution < -0.4 is 5.32 Å². The molecule has 1 fully saturated rings. The summed E-state index contributed by atoms with van der Waals surface area (Å²) < 4.78 is 5.86. The topological polar surface area (TPSA) is 65.4 Å². The molecule has 0 aromatic heterocycles. The standard InChI is InChI=1S/C11H9IN2O2/c1-11(6-16-11)10(15)14-8-3-2-7(5-13)9(12)4-8/h2-4H,6H2,1H3,(H,14,15)/t11-/m0/s1. The minimum absolute atomic E-state index is 0.145. The fourth-order valence-electron chi connectivity index (χ4n) is 1.19. The summed E-state index contributed by atoms with van der Waals surface area (Å²) in [5, 5.41) is 11.5. The van der Waals surface area contributed by atoms with Gasteiger partial charge in [-0.25, -0.2) is 0 Å². The first kappa shape index (κ1) is 11.4. The summed E-state index contributed by atoms with van der Waals surface area (Å²) in [6.07, 6.45) is 0. The predicted octanol–water partition coefficient (Wildman–Crippen LogP) is 1.89. The number of amides is 1. The van der Waals surface area contributed by atoms with Gasteiger partial charge in [0, 0.05) is 9.26 Å². The van der Waals surface area contributed by atoms with Crippen molar-refractivity contribution in [3.63, 3.8) is 0 Å². The highest BCUT2D eigenvalue weighted by Gasteiger charge is 2.47. The number of nitriles is 1. The van der Waals surface area contributed by atoms with Crippen LogP contribution in [0.2, 0.25) is 0 Å². The number of epoxide rings is 1. The Morgan fingerprint density at radius 2 is 2.38 bits per heavy atom. The van der Waals surface area contributed by atoms with E-state index in [1.54, 1.807) is 25.1 Å². The number of nitrogens with zero attached hydrogens (tertiary/aromatic N) is 1. The third-order valence-electron chi connectivity index (χ3n) is 2.41. The molecule has 0 saturated carbocycles. The average molecular weight is 328 g/mol. The minimum Gasteiger partial charge on any atom is -0.359 e. The Morgan fingerprint density at radius 3 is 2.88 bits per heavy atom. The number of hydrogen-bond acceptors (Lipinski definition) is 3. The van der Waals surface area contributed by atoms with Gasteiger partial charge in [0.1, 0.15) is 6.07 Å². The lowest BCUT2D eigenvalue weighted by Crippen LogP contribution is -2.28. The van der Waals surface area contributed by atoms with Gasteiger partial charge in [0.25, 0.3) is 5.91 Å². The summed E-state index contributed by atoms with van der Waals surface area (Å²) in [5.74, 6) is -0.145. The zero-order valence-corrected chi connectivity index (χ0v) is 10.7. The van der Waals surface area contributed by atoms with Crippen LogP contribution in [0.25, 0.3) is 0 Å². The molecule has 0 spiro atoms. The molecule has 1 atom stereocenters. The molecule has 16 heavy (non-hydrogen) atoms. The van der Waals surface area contributed by atoms with Gasteiger partial charge in [0.2, 0.25) is 0 Å². The largest absolute Gasteiger partial charge is 0.359 e. The quantitative estimate of drug-likeness (QED) is 0.666. The molecule has 82 valence electrons. The number of ether oxygens (including phenoxy) is 1. The fourth-order valence-corrected chi connectivity index (χ4v) is 1.82. The first-order valence-corrected chi connectivity index (χ1v) is 5.78. The number of nitrogens with one attached hydrogen (secondary N) is 1. The maximum atomic E-state index is 11.7. The second-order valence-electron chi connectivity index (χ2n) is 3.78. The molecule has 2 rings (SSSR count). The Hall–Kier alpha value is -1.13. The Kier molecular flexibility index (Phi) is 2.86. The van der Waals surface area contributed by atoms with Gasteiger partial charge in [-0.05, 0) is 47.7 Å². The lowest BCUT2D eigenvalue weighted by Gasteiger charge is -2.08. The normalized spacial score (nSPS) is 22.3. The Balaban J connectivity index is 2.14. The monoisotopic (exact) mass is 328 g/mol. The molecule has 4 nitrogen and oxygen atoms in total. The third kappa shape index (κ3) is 2.18. The molecule has 1 heterocycles. The SMILES string of the molecule is C[C@@]1(C(=O)Nc2ccc(C#N)c(I)c2)CO1. The molecule has 1 aromatic rings. The summed E-state index contributed by atoms with van der Waals surface area (Å²) in [6.45, 7) is 2.21. The van der Waals surface area contributed by atoms with E-state index in [0.29, 0.717) is 17.9 Å². The van der Waals surface area contributed by atoms with E-state index in [0.717, 1.165) is 3.57 Å². The molecular formula is C11H9IN2O2. The Labute approximate surface area is 107 Å². The molecule has 0 aliphatic carbocycles. The number of benzene rings is 1. The van der Waals surface area contributed by atoms with Crippen molar-refractivity contribution >= 4 is 34.2 Å². The van der Waals surface area contributed by atoms with Crippen LogP contribution in [0, 0.1) is 14.9 Å². The number of rotatable bonds is 2. The molecule has 1 N–H and O–H groups in total. The smallest absolute Gasteiger partial charge is 0.258 e. The molecule has 1 aromatic carbocycles. The molecule has 1 saturated heterocycles. The molecular weight excluding hydrogens is 319 g/mol. The predicted molar refractivity (Wildman–Crippen MR) is 66.9 cm³/mol. The molecule has 1 amide bonds. The van der Waals surface area contributed by atoms with Crippen LogP contribution in [0.5, 0.6) is 0 Å². The third-order valence-corrected chi connectivity index (χ3v) is 3.30. The summed E-state index contributed by atoms with van der Waals surface area (Å²) in [7, 11) is 0. The molecule has 5 heteroatoms. The molecule has 0 radical (unpaired) electrons. The number of hydrogen-bond donors (Lipinski definition) is 1.